The number of carbonyl (C=O) groups is 1. The predicted molar refractivity (Wildman–Crippen MR) is 81.2 cm³/mol. The van der Waals surface area contributed by atoms with Gasteiger partial charge in [0.2, 0.25) is 16.9 Å². The molecule has 0 bridgehead atoms. The zero-order valence-corrected chi connectivity index (χ0v) is 12.6. The number of anilines is 1. The average Bonchev–Trinajstić information content (AvgIpc) is 3.17. The third kappa shape index (κ3) is 3.31. The molecule has 0 aliphatic carbocycles. The molecule has 0 unspecified atom stereocenters. The molecule has 9 heteroatoms. The molecule has 1 amide bonds. The van der Waals surface area contributed by atoms with Gasteiger partial charge in [-0.15, -0.1) is 20.4 Å². The van der Waals surface area contributed by atoms with E-state index >= 15 is 0 Å². The molecule has 112 valence electrons. The minimum atomic E-state index is -0.268. The van der Waals surface area contributed by atoms with Crippen LogP contribution < -0.4 is 5.32 Å². The lowest BCUT2D eigenvalue weighted by atomic mass is 10.2. The summed E-state index contributed by atoms with van der Waals surface area (Å²) in [6, 6.07) is 9.46. The van der Waals surface area contributed by atoms with Crippen molar-refractivity contribution in [3.05, 3.63) is 35.3 Å². The molecule has 1 aromatic carbocycles. The summed E-state index contributed by atoms with van der Waals surface area (Å²) in [7, 11) is 0. The summed E-state index contributed by atoms with van der Waals surface area (Å²) in [6.45, 7) is 1.96. The summed E-state index contributed by atoms with van der Waals surface area (Å²) in [5, 5.41) is 23.9. The highest BCUT2D eigenvalue weighted by atomic mass is 32.1. The van der Waals surface area contributed by atoms with E-state index in [2.05, 4.69) is 30.9 Å². The fraction of sp³-hybridized carbons (Fsp3) is 0.231. The van der Waals surface area contributed by atoms with Gasteiger partial charge in [-0.3, -0.25) is 10.1 Å². The van der Waals surface area contributed by atoms with E-state index in [0.717, 1.165) is 17.0 Å². The SMILES string of the molecule is CCc1nnc(NC(=O)Cn2nnc(-c3ccccc3)n2)s1. The van der Waals surface area contributed by atoms with Crippen molar-refractivity contribution < 1.29 is 4.79 Å². The maximum absolute atomic E-state index is 11.9. The molecule has 0 radical (unpaired) electrons. The standard InChI is InChI=1S/C13H13N7OS/c1-2-11-15-17-13(22-11)14-10(21)8-20-18-12(16-19-20)9-6-4-3-5-7-9/h3-7H,2,8H2,1H3,(H,14,17,21). The molecular weight excluding hydrogens is 302 g/mol. The zero-order valence-electron chi connectivity index (χ0n) is 11.8. The number of rotatable bonds is 5. The number of aromatic nitrogens is 6. The quantitative estimate of drug-likeness (QED) is 0.764. The number of aryl methyl sites for hydroxylation is 1. The number of hydrogen-bond acceptors (Lipinski definition) is 7. The lowest BCUT2D eigenvalue weighted by molar-refractivity contribution is -0.117. The molecule has 0 aliphatic rings. The summed E-state index contributed by atoms with van der Waals surface area (Å²) < 4.78 is 0. The highest BCUT2D eigenvalue weighted by molar-refractivity contribution is 7.15. The van der Waals surface area contributed by atoms with Crippen LogP contribution in [0.1, 0.15) is 11.9 Å². The van der Waals surface area contributed by atoms with Crippen molar-refractivity contribution in [1.82, 2.24) is 30.4 Å². The molecule has 22 heavy (non-hydrogen) atoms. The molecule has 0 saturated heterocycles. The van der Waals surface area contributed by atoms with Gasteiger partial charge < -0.3 is 0 Å². The highest BCUT2D eigenvalue weighted by Gasteiger charge is 2.11. The number of hydrogen-bond donors (Lipinski definition) is 1. The van der Waals surface area contributed by atoms with Gasteiger partial charge in [-0.2, -0.15) is 4.80 Å². The Balaban J connectivity index is 1.63. The Bertz CT molecular complexity index is 768. The maximum Gasteiger partial charge on any atom is 0.249 e. The van der Waals surface area contributed by atoms with Gasteiger partial charge in [-0.1, -0.05) is 48.6 Å². The van der Waals surface area contributed by atoms with Gasteiger partial charge in [0.25, 0.3) is 0 Å². The summed E-state index contributed by atoms with van der Waals surface area (Å²) in [4.78, 5) is 13.2. The fourth-order valence-electron chi connectivity index (χ4n) is 1.75. The van der Waals surface area contributed by atoms with Gasteiger partial charge in [0.05, 0.1) is 0 Å². The van der Waals surface area contributed by atoms with Crippen molar-refractivity contribution in [3.63, 3.8) is 0 Å². The van der Waals surface area contributed by atoms with Crippen molar-refractivity contribution in [3.8, 4) is 11.4 Å². The molecule has 1 N–H and O–H groups in total. The van der Waals surface area contributed by atoms with Crippen LogP contribution in [0.15, 0.2) is 30.3 Å². The van der Waals surface area contributed by atoms with E-state index in [-0.39, 0.29) is 12.5 Å². The van der Waals surface area contributed by atoms with E-state index in [1.807, 2.05) is 37.3 Å². The molecule has 2 aromatic heterocycles. The Morgan fingerprint density at radius 2 is 2.05 bits per heavy atom. The van der Waals surface area contributed by atoms with E-state index < -0.39 is 0 Å². The molecule has 2 heterocycles. The molecule has 8 nitrogen and oxygen atoms in total. The van der Waals surface area contributed by atoms with Crippen LogP contribution in [0.25, 0.3) is 11.4 Å². The summed E-state index contributed by atoms with van der Waals surface area (Å²) in [5.74, 6) is 0.216. The van der Waals surface area contributed by atoms with Crippen LogP contribution in [-0.4, -0.2) is 36.3 Å². The van der Waals surface area contributed by atoms with Gasteiger partial charge >= 0.3 is 0 Å². The van der Waals surface area contributed by atoms with Crippen molar-refractivity contribution in [2.75, 3.05) is 5.32 Å². The molecule has 0 atom stereocenters. The molecule has 0 fully saturated rings. The van der Waals surface area contributed by atoms with E-state index in [9.17, 15) is 4.79 Å². The number of tetrazole rings is 1. The van der Waals surface area contributed by atoms with Gasteiger partial charge in [0.15, 0.2) is 0 Å². The topological polar surface area (TPSA) is 98.5 Å². The Kier molecular flexibility index (Phi) is 4.15. The van der Waals surface area contributed by atoms with Crippen molar-refractivity contribution in [1.29, 1.82) is 0 Å². The van der Waals surface area contributed by atoms with Crippen LogP contribution in [0, 0.1) is 0 Å². The van der Waals surface area contributed by atoms with Gasteiger partial charge in [0, 0.05) is 5.56 Å². The maximum atomic E-state index is 11.9. The van der Waals surface area contributed by atoms with E-state index in [4.69, 9.17) is 0 Å². The second-order valence-electron chi connectivity index (χ2n) is 4.41. The largest absolute Gasteiger partial charge is 0.299 e. The van der Waals surface area contributed by atoms with E-state index in [1.54, 1.807) is 0 Å². The van der Waals surface area contributed by atoms with Crippen LogP contribution in [0.3, 0.4) is 0 Å². The first-order valence-electron chi connectivity index (χ1n) is 6.70. The van der Waals surface area contributed by atoms with Crippen LogP contribution in [0.2, 0.25) is 0 Å². The summed E-state index contributed by atoms with van der Waals surface area (Å²) in [6.07, 6.45) is 0.790. The Labute approximate surface area is 130 Å². The first-order chi connectivity index (χ1) is 10.7. The minimum Gasteiger partial charge on any atom is -0.299 e. The Morgan fingerprint density at radius 3 is 2.77 bits per heavy atom. The van der Waals surface area contributed by atoms with Crippen LogP contribution >= 0.6 is 11.3 Å². The normalized spacial score (nSPS) is 10.6. The summed E-state index contributed by atoms with van der Waals surface area (Å²) in [5.41, 5.74) is 0.853. The molecule has 0 aliphatic heterocycles. The van der Waals surface area contributed by atoms with Crippen LogP contribution in [0.5, 0.6) is 0 Å². The monoisotopic (exact) mass is 315 g/mol. The third-order valence-electron chi connectivity index (χ3n) is 2.79. The highest BCUT2D eigenvalue weighted by Crippen LogP contribution is 2.15. The lowest BCUT2D eigenvalue weighted by Crippen LogP contribution is -2.20. The first-order valence-corrected chi connectivity index (χ1v) is 7.51. The number of nitrogens with one attached hydrogen (secondary N) is 1. The second kappa shape index (κ2) is 6.39. The van der Waals surface area contributed by atoms with Gasteiger partial charge in [-0.25, -0.2) is 0 Å². The smallest absolute Gasteiger partial charge is 0.249 e. The fourth-order valence-corrected chi connectivity index (χ4v) is 2.44. The average molecular weight is 315 g/mol. The number of carbonyl (C=O) groups excluding carboxylic acids is 1. The molecular formula is C13H13N7OS. The second-order valence-corrected chi connectivity index (χ2v) is 5.47. The molecule has 3 aromatic rings. The Morgan fingerprint density at radius 1 is 1.23 bits per heavy atom. The van der Waals surface area contributed by atoms with Crippen LogP contribution in [0.4, 0.5) is 5.13 Å². The minimum absolute atomic E-state index is 0.0269. The molecule has 0 spiro atoms. The lowest BCUT2D eigenvalue weighted by Gasteiger charge is -1.99. The van der Waals surface area contributed by atoms with Crippen molar-refractivity contribution in [2.45, 2.75) is 19.9 Å². The van der Waals surface area contributed by atoms with Gasteiger partial charge in [0.1, 0.15) is 11.6 Å². The van der Waals surface area contributed by atoms with Gasteiger partial charge in [-0.05, 0) is 11.6 Å². The van der Waals surface area contributed by atoms with E-state index in [1.165, 1.54) is 16.1 Å². The van der Waals surface area contributed by atoms with Crippen molar-refractivity contribution >= 4 is 22.4 Å². The summed E-state index contributed by atoms with van der Waals surface area (Å²) >= 11 is 1.35. The van der Waals surface area contributed by atoms with E-state index in [0.29, 0.717) is 11.0 Å². The molecule has 0 saturated carbocycles. The predicted octanol–water partition coefficient (Wildman–Crippen LogP) is 1.39. The number of nitrogens with zero attached hydrogens (tertiary/aromatic N) is 6. The number of amides is 1. The van der Waals surface area contributed by atoms with Crippen molar-refractivity contribution in [2.24, 2.45) is 0 Å². The first kappa shape index (κ1) is 14.3. The molecule has 3 rings (SSSR count). The third-order valence-corrected chi connectivity index (χ3v) is 3.77. The Hall–Kier alpha value is -2.68. The van der Waals surface area contributed by atoms with Crippen LogP contribution in [-0.2, 0) is 17.8 Å². The zero-order chi connectivity index (χ0) is 15.4. The number of benzene rings is 1.